The Labute approximate surface area is 150 Å². The van der Waals surface area contributed by atoms with Crippen LogP contribution in [0.1, 0.15) is 32.8 Å². The minimum Gasteiger partial charge on any atom is -0.505 e. The summed E-state index contributed by atoms with van der Waals surface area (Å²) in [4.78, 5) is 32.4. The molecule has 0 atom stereocenters. The van der Waals surface area contributed by atoms with E-state index in [-0.39, 0.29) is 23.3 Å². The zero-order valence-electron chi connectivity index (χ0n) is 14.5. The molecule has 0 saturated carbocycles. The number of amides is 2. The van der Waals surface area contributed by atoms with E-state index in [1.807, 2.05) is 0 Å². The molecular formula is C19H20FN3O3. The number of hydrogen-bond acceptors (Lipinski definition) is 4. The van der Waals surface area contributed by atoms with Crippen molar-refractivity contribution in [2.24, 2.45) is 0 Å². The van der Waals surface area contributed by atoms with Gasteiger partial charge in [0.2, 0.25) is 0 Å². The number of benzene rings is 1. The van der Waals surface area contributed by atoms with E-state index >= 15 is 0 Å². The average molecular weight is 357 g/mol. The third-order valence-corrected chi connectivity index (χ3v) is 4.35. The number of carbonyl (C=O) groups is 2. The molecule has 1 saturated heterocycles. The summed E-state index contributed by atoms with van der Waals surface area (Å²) in [5, 5.41) is 9.97. The van der Waals surface area contributed by atoms with Crippen LogP contribution in [0.2, 0.25) is 0 Å². The molecule has 2 heterocycles. The second-order valence-electron chi connectivity index (χ2n) is 6.33. The maximum Gasteiger partial charge on any atom is 0.276 e. The summed E-state index contributed by atoms with van der Waals surface area (Å²) in [6.07, 6.45) is 2.13. The number of halogens is 1. The van der Waals surface area contributed by atoms with Gasteiger partial charge >= 0.3 is 0 Å². The van der Waals surface area contributed by atoms with Crippen LogP contribution < -0.4 is 0 Å². The highest BCUT2D eigenvalue weighted by Gasteiger charge is 2.25. The summed E-state index contributed by atoms with van der Waals surface area (Å²) >= 11 is 0. The van der Waals surface area contributed by atoms with Crippen molar-refractivity contribution in [1.82, 2.24) is 14.8 Å². The van der Waals surface area contributed by atoms with Gasteiger partial charge in [-0.3, -0.25) is 9.59 Å². The molecule has 7 heteroatoms. The molecule has 1 aliphatic heterocycles. The smallest absolute Gasteiger partial charge is 0.276 e. The molecule has 26 heavy (non-hydrogen) atoms. The predicted octanol–water partition coefficient (Wildman–Crippen LogP) is 2.22. The van der Waals surface area contributed by atoms with Crippen LogP contribution in [0.5, 0.6) is 5.75 Å². The van der Waals surface area contributed by atoms with E-state index in [1.54, 1.807) is 22.8 Å². The maximum atomic E-state index is 13.3. The topological polar surface area (TPSA) is 73.7 Å². The molecule has 6 nitrogen and oxygen atoms in total. The fourth-order valence-corrected chi connectivity index (χ4v) is 3.00. The summed E-state index contributed by atoms with van der Waals surface area (Å²) in [6, 6.07) is 7.08. The molecule has 2 aromatic rings. The molecule has 0 bridgehead atoms. The lowest BCUT2D eigenvalue weighted by molar-refractivity contribution is 0.0713. The third kappa shape index (κ3) is 3.82. The largest absolute Gasteiger partial charge is 0.505 e. The van der Waals surface area contributed by atoms with Gasteiger partial charge in [0.15, 0.2) is 5.69 Å². The van der Waals surface area contributed by atoms with Crippen molar-refractivity contribution in [1.29, 1.82) is 0 Å². The Morgan fingerprint density at radius 3 is 2.42 bits per heavy atom. The normalized spacial score (nSPS) is 14.8. The molecule has 0 unspecified atom stereocenters. The van der Waals surface area contributed by atoms with Gasteiger partial charge in [-0.1, -0.05) is 6.07 Å². The lowest BCUT2D eigenvalue weighted by atomic mass is 10.2. The van der Waals surface area contributed by atoms with E-state index in [4.69, 9.17) is 0 Å². The van der Waals surface area contributed by atoms with Crippen molar-refractivity contribution in [3.05, 3.63) is 59.2 Å². The first-order chi connectivity index (χ1) is 12.5. The first-order valence-corrected chi connectivity index (χ1v) is 8.45. The van der Waals surface area contributed by atoms with Crippen molar-refractivity contribution < 1.29 is 19.1 Å². The number of nitrogens with zero attached hydrogens (tertiary/aromatic N) is 3. The van der Waals surface area contributed by atoms with Crippen molar-refractivity contribution in [2.45, 2.75) is 13.3 Å². The van der Waals surface area contributed by atoms with Crippen LogP contribution in [0.4, 0.5) is 4.39 Å². The van der Waals surface area contributed by atoms with Crippen LogP contribution in [0.3, 0.4) is 0 Å². The van der Waals surface area contributed by atoms with Crippen molar-refractivity contribution >= 4 is 11.8 Å². The summed E-state index contributed by atoms with van der Waals surface area (Å²) in [7, 11) is 0. The Morgan fingerprint density at radius 1 is 1.08 bits per heavy atom. The Kier molecular flexibility index (Phi) is 5.16. The first-order valence-electron chi connectivity index (χ1n) is 8.45. The zero-order valence-corrected chi connectivity index (χ0v) is 14.5. The summed E-state index contributed by atoms with van der Waals surface area (Å²) < 4.78 is 13.3. The fraction of sp³-hybridized carbons (Fsp3) is 0.316. The van der Waals surface area contributed by atoms with Crippen molar-refractivity contribution in [3.63, 3.8) is 0 Å². The van der Waals surface area contributed by atoms with Gasteiger partial charge in [-0.25, -0.2) is 9.37 Å². The van der Waals surface area contributed by atoms with Gasteiger partial charge in [0.05, 0.1) is 0 Å². The molecule has 0 spiro atoms. The number of rotatable bonds is 2. The van der Waals surface area contributed by atoms with E-state index in [9.17, 15) is 19.1 Å². The Bertz CT molecular complexity index is 841. The quantitative estimate of drug-likeness (QED) is 0.894. The van der Waals surface area contributed by atoms with Crippen LogP contribution >= 0.6 is 0 Å². The van der Waals surface area contributed by atoms with E-state index in [0.717, 1.165) is 5.56 Å². The number of pyridine rings is 1. The Morgan fingerprint density at radius 2 is 1.77 bits per heavy atom. The second-order valence-corrected chi connectivity index (χ2v) is 6.33. The number of aromatic hydroxyl groups is 1. The summed E-state index contributed by atoms with van der Waals surface area (Å²) in [5.74, 6) is -1.21. The Hall–Kier alpha value is -2.96. The van der Waals surface area contributed by atoms with E-state index in [2.05, 4.69) is 4.98 Å². The van der Waals surface area contributed by atoms with Crippen LogP contribution in [0.15, 0.2) is 36.5 Å². The molecule has 1 fully saturated rings. The second kappa shape index (κ2) is 7.51. The summed E-state index contributed by atoms with van der Waals surface area (Å²) in [6.45, 7) is 3.39. The highest BCUT2D eigenvalue weighted by Crippen LogP contribution is 2.19. The first kappa shape index (κ1) is 17.8. The number of aryl methyl sites for hydroxylation is 1. The van der Waals surface area contributed by atoms with Crippen LogP contribution in [0.25, 0.3) is 0 Å². The van der Waals surface area contributed by atoms with Gasteiger partial charge in [-0.15, -0.1) is 0 Å². The molecule has 1 aromatic carbocycles. The van der Waals surface area contributed by atoms with Gasteiger partial charge in [-0.05, 0) is 43.2 Å². The maximum absolute atomic E-state index is 13.3. The highest BCUT2D eigenvalue weighted by molar-refractivity contribution is 5.95. The zero-order chi connectivity index (χ0) is 18.7. The predicted molar refractivity (Wildman–Crippen MR) is 93.5 cm³/mol. The molecule has 0 radical (unpaired) electrons. The lowest BCUT2D eigenvalue weighted by Gasteiger charge is -2.22. The molecule has 0 aliphatic carbocycles. The number of hydrogen-bond donors (Lipinski definition) is 1. The number of carbonyl (C=O) groups excluding carboxylic acids is 2. The van der Waals surface area contributed by atoms with Gasteiger partial charge in [0.1, 0.15) is 11.6 Å². The molecule has 136 valence electrons. The van der Waals surface area contributed by atoms with Crippen LogP contribution in [-0.2, 0) is 0 Å². The SMILES string of the molecule is Cc1cnc(C(=O)N2CCCN(C(=O)c3cccc(F)c3)CC2)c(O)c1. The minimum atomic E-state index is -0.455. The monoisotopic (exact) mass is 357 g/mol. The molecule has 2 amide bonds. The van der Waals surface area contributed by atoms with Gasteiger partial charge < -0.3 is 14.9 Å². The van der Waals surface area contributed by atoms with Gasteiger partial charge in [0, 0.05) is 37.9 Å². The van der Waals surface area contributed by atoms with Crippen LogP contribution in [-0.4, -0.2) is 57.9 Å². The van der Waals surface area contributed by atoms with Crippen LogP contribution in [0, 0.1) is 12.7 Å². The molecule has 3 rings (SSSR count). The standard InChI is InChI=1S/C19H20FN3O3/c1-13-10-16(24)17(21-12-13)19(26)23-7-3-6-22(8-9-23)18(25)14-4-2-5-15(20)11-14/h2,4-5,10-12,24H,3,6-9H2,1H3. The molecule has 1 aliphatic rings. The lowest BCUT2D eigenvalue weighted by Crippen LogP contribution is -2.37. The average Bonchev–Trinajstić information content (AvgIpc) is 2.87. The Balaban J connectivity index is 1.70. The minimum absolute atomic E-state index is 0.0144. The van der Waals surface area contributed by atoms with E-state index in [0.29, 0.717) is 38.2 Å². The third-order valence-electron chi connectivity index (χ3n) is 4.35. The van der Waals surface area contributed by atoms with E-state index < -0.39 is 5.82 Å². The highest BCUT2D eigenvalue weighted by atomic mass is 19.1. The van der Waals surface area contributed by atoms with Gasteiger partial charge in [-0.2, -0.15) is 0 Å². The van der Waals surface area contributed by atoms with Crippen molar-refractivity contribution in [3.8, 4) is 5.75 Å². The fourth-order valence-electron chi connectivity index (χ4n) is 3.00. The molecule has 1 N–H and O–H groups in total. The number of aromatic nitrogens is 1. The summed E-state index contributed by atoms with van der Waals surface area (Å²) in [5.41, 5.74) is 1.07. The molecule has 1 aromatic heterocycles. The van der Waals surface area contributed by atoms with Gasteiger partial charge in [0.25, 0.3) is 11.8 Å². The molecular weight excluding hydrogens is 337 g/mol. The van der Waals surface area contributed by atoms with Crippen molar-refractivity contribution in [2.75, 3.05) is 26.2 Å². The van der Waals surface area contributed by atoms with E-state index in [1.165, 1.54) is 30.5 Å².